The summed E-state index contributed by atoms with van der Waals surface area (Å²) in [6.45, 7) is 6.03. The molecular weight excluding hydrogens is 399 g/mol. The predicted molar refractivity (Wildman–Crippen MR) is 115 cm³/mol. The molecule has 2 aromatic rings. The van der Waals surface area contributed by atoms with E-state index in [0.29, 0.717) is 36.3 Å². The molecule has 0 spiro atoms. The fraction of sp³-hybridized carbons (Fsp3) is 0.429. The molecule has 7 heteroatoms. The molecule has 2 aromatic carbocycles. The third kappa shape index (κ3) is 7.49. The van der Waals surface area contributed by atoms with Gasteiger partial charge in [-0.15, -0.1) is 0 Å². The lowest BCUT2D eigenvalue weighted by atomic mass is 10.1. The van der Waals surface area contributed by atoms with Gasteiger partial charge in [0.05, 0.1) is 13.2 Å². The summed E-state index contributed by atoms with van der Waals surface area (Å²) in [4.78, 5) is 0. The van der Waals surface area contributed by atoms with E-state index in [1.807, 2.05) is 31.2 Å². The fourth-order valence-electron chi connectivity index (χ4n) is 2.69. The Morgan fingerprint density at radius 2 is 1.79 bits per heavy atom. The molecule has 2 rings (SSSR count). The van der Waals surface area contributed by atoms with Crippen molar-refractivity contribution in [3.63, 3.8) is 0 Å². The molecule has 0 radical (unpaired) electrons. The van der Waals surface area contributed by atoms with E-state index in [0.717, 1.165) is 42.1 Å². The van der Waals surface area contributed by atoms with Crippen LogP contribution in [0, 0.1) is 0 Å². The molecule has 3 N–H and O–H groups in total. The van der Waals surface area contributed by atoms with Crippen molar-refractivity contribution in [3.8, 4) is 11.5 Å². The Bertz CT molecular complexity index is 729. The highest BCUT2D eigenvalue weighted by Crippen LogP contribution is 2.33. The molecule has 0 aliphatic heterocycles. The summed E-state index contributed by atoms with van der Waals surface area (Å²) in [5, 5.41) is 16.5. The Kier molecular flexibility index (Phi) is 10.5. The zero-order chi connectivity index (χ0) is 20.2. The van der Waals surface area contributed by atoms with Gasteiger partial charge in [0.2, 0.25) is 0 Å². The van der Waals surface area contributed by atoms with Crippen molar-refractivity contribution in [3.05, 3.63) is 57.6 Å². The van der Waals surface area contributed by atoms with E-state index in [4.69, 9.17) is 37.8 Å². The molecule has 0 aliphatic carbocycles. The fourth-order valence-corrected chi connectivity index (χ4v) is 3.15. The summed E-state index contributed by atoms with van der Waals surface area (Å²) in [5.74, 6) is 1.44. The molecule has 0 unspecified atom stereocenters. The Morgan fingerprint density at radius 1 is 0.964 bits per heavy atom. The number of rotatable bonds is 13. The van der Waals surface area contributed by atoms with Crippen LogP contribution in [0.25, 0.3) is 0 Å². The van der Waals surface area contributed by atoms with Crippen molar-refractivity contribution < 1.29 is 14.6 Å². The van der Waals surface area contributed by atoms with Gasteiger partial charge in [0.1, 0.15) is 6.61 Å². The molecule has 0 saturated carbocycles. The molecule has 0 aromatic heterocycles. The first-order chi connectivity index (χ1) is 13.7. The monoisotopic (exact) mass is 426 g/mol. The third-order valence-corrected chi connectivity index (χ3v) is 4.65. The lowest BCUT2D eigenvalue weighted by Gasteiger charge is -2.17. The van der Waals surface area contributed by atoms with Gasteiger partial charge in [-0.2, -0.15) is 0 Å². The van der Waals surface area contributed by atoms with Crippen molar-refractivity contribution in [1.82, 2.24) is 10.6 Å². The van der Waals surface area contributed by atoms with Gasteiger partial charge < -0.3 is 25.2 Å². The number of hydrogen-bond donors (Lipinski definition) is 3. The maximum atomic E-state index is 8.76. The van der Waals surface area contributed by atoms with Crippen molar-refractivity contribution in [2.45, 2.75) is 26.5 Å². The van der Waals surface area contributed by atoms with Crippen molar-refractivity contribution in [2.24, 2.45) is 0 Å². The minimum Gasteiger partial charge on any atom is -0.490 e. The van der Waals surface area contributed by atoms with Crippen LogP contribution in [0.2, 0.25) is 10.0 Å². The number of para-hydroxylation sites is 1. The maximum Gasteiger partial charge on any atom is 0.166 e. The highest BCUT2D eigenvalue weighted by Gasteiger charge is 2.12. The molecular formula is C21H28Cl2N2O3. The van der Waals surface area contributed by atoms with Gasteiger partial charge in [0.25, 0.3) is 0 Å². The molecule has 154 valence electrons. The molecule has 0 amide bonds. The quantitative estimate of drug-likeness (QED) is 0.422. The van der Waals surface area contributed by atoms with Gasteiger partial charge in [-0.1, -0.05) is 41.4 Å². The Hall–Kier alpha value is -1.50. The van der Waals surface area contributed by atoms with Gasteiger partial charge in [0.15, 0.2) is 11.5 Å². The predicted octanol–water partition coefficient (Wildman–Crippen LogP) is 4.03. The van der Waals surface area contributed by atoms with Gasteiger partial charge in [0, 0.05) is 34.3 Å². The Morgan fingerprint density at radius 3 is 2.54 bits per heavy atom. The van der Waals surface area contributed by atoms with E-state index in [1.165, 1.54) is 0 Å². The standard InChI is InChI=1S/C21H28Cl2N2O3/c1-2-27-20-6-3-5-16(14-25-10-4-9-24-11-12-26)21(20)28-15-17-7-8-18(22)13-19(17)23/h3,5-8,13,24-26H,2,4,9-12,14-15H2,1H3. The van der Waals surface area contributed by atoms with Crippen molar-refractivity contribution >= 4 is 23.2 Å². The number of aliphatic hydroxyl groups excluding tert-OH is 1. The molecule has 0 aliphatic rings. The summed E-state index contributed by atoms with van der Waals surface area (Å²) in [6.07, 6.45) is 0.974. The third-order valence-electron chi connectivity index (χ3n) is 4.06. The number of aliphatic hydroxyl groups is 1. The van der Waals surface area contributed by atoms with Crippen LogP contribution >= 0.6 is 23.2 Å². The normalized spacial score (nSPS) is 10.9. The molecule has 0 bridgehead atoms. The second-order valence-electron chi connectivity index (χ2n) is 6.21. The molecule has 0 atom stereocenters. The van der Waals surface area contributed by atoms with Crippen LogP contribution in [0.1, 0.15) is 24.5 Å². The highest BCUT2D eigenvalue weighted by molar-refractivity contribution is 6.35. The average molecular weight is 427 g/mol. The number of nitrogens with one attached hydrogen (secondary N) is 2. The van der Waals surface area contributed by atoms with Crippen LogP contribution in [-0.4, -0.2) is 38.0 Å². The first-order valence-corrected chi connectivity index (χ1v) is 10.2. The van der Waals surface area contributed by atoms with E-state index in [1.54, 1.807) is 12.1 Å². The van der Waals surface area contributed by atoms with Crippen LogP contribution in [-0.2, 0) is 13.2 Å². The van der Waals surface area contributed by atoms with E-state index < -0.39 is 0 Å². The number of hydrogen-bond acceptors (Lipinski definition) is 5. The maximum absolute atomic E-state index is 8.76. The van der Waals surface area contributed by atoms with E-state index in [-0.39, 0.29) is 6.61 Å². The molecule has 0 fully saturated rings. The highest BCUT2D eigenvalue weighted by atomic mass is 35.5. The largest absolute Gasteiger partial charge is 0.490 e. The van der Waals surface area contributed by atoms with Gasteiger partial charge >= 0.3 is 0 Å². The van der Waals surface area contributed by atoms with Crippen molar-refractivity contribution in [2.75, 3.05) is 32.8 Å². The SMILES string of the molecule is CCOc1cccc(CNCCCNCCO)c1OCc1ccc(Cl)cc1Cl. The second-order valence-corrected chi connectivity index (χ2v) is 7.05. The minimum atomic E-state index is 0.163. The molecule has 0 heterocycles. The van der Waals surface area contributed by atoms with Crippen LogP contribution < -0.4 is 20.1 Å². The van der Waals surface area contributed by atoms with Crippen LogP contribution in [0.5, 0.6) is 11.5 Å². The Labute approximate surface area is 177 Å². The van der Waals surface area contributed by atoms with Gasteiger partial charge in [-0.25, -0.2) is 0 Å². The summed E-state index contributed by atoms with van der Waals surface area (Å²) in [7, 11) is 0. The minimum absolute atomic E-state index is 0.163. The lowest BCUT2D eigenvalue weighted by Crippen LogP contribution is -2.24. The number of halogens is 2. The first kappa shape index (κ1) is 22.8. The number of ether oxygens (including phenoxy) is 2. The summed E-state index contributed by atoms with van der Waals surface area (Å²) in [5.41, 5.74) is 1.89. The first-order valence-electron chi connectivity index (χ1n) is 9.49. The van der Waals surface area contributed by atoms with Crippen molar-refractivity contribution in [1.29, 1.82) is 0 Å². The van der Waals surface area contributed by atoms with Crippen LogP contribution in [0.15, 0.2) is 36.4 Å². The lowest BCUT2D eigenvalue weighted by molar-refractivity contribution is 0.266. The summed E-state index contributed by atoms with van der Waals surface area (Å²) >= 11 is 12.2. The van der Waals surface area contributed by atoms with E-state index in [9.17, 15) is 0 Å². The molecule has 0 saturated heterocycles. The zero-order valence-electron chi connectivity index (χ0n) is 16.1. The summed E-state index contributed by atoms with van der Waals surface area (Å²) in [6, 6.07) is 11.3. The van der Waals surface area contributed by atoms with Gasteiger partial charge in [-0.05, 0) is 44.6 Å². The average Bonchev–Trinajstić information content (AvgIpc) is 2.68. The topological polar surface area (TPSA) is 62.8 Å². The molecule has 5 nitrogen and oxygen atoms in total. The molecule has 28 heavy (non-hydrogen) atoms. The van der Waals surface area contributed by atoms with E-state index in [2.05, 4.69) is 10.6 Å². The summed E-state index contributed by atoms with van der Waals surface area (Å²) < 4.78 is 11.9. The zero-order valence-corrected chi connectivity index (χ0v) is 17.7. The van der Waals surface area contributed by atoms with Crippen LogP contribution in [0.4, 0.5) is 0 Å². The van der Waals surface area contributed by atoms with E-state index >= 15 is 0 Å². The Balaban J connectivity index is 1.99. The number of benzene rings is 2. The smallest absolute Gasteiger partial charge is 0.166 e. The van der Waals surface area contributed by atoms with Crippen LogP contribution in [0.3, 0.4) is 0 Å². The van der Waals surface area contributed by atoms with Gasteiger partial charge in [-0.3, -0.25) is 0 Å². The second kappa shape index (κ2) is 12.9.